The van der Waals surface area contributed by atoms with Crippen LogP contribution in [0, 0.1) is 6.92 Å². The van der Waals surface area contributed by atoms with Crippen molar-refractivity contribution in [3.05, 3.63) is 57.9 Å². The molecule has 0 spiro atoms. The Kier molecular flexibility index (Phi) is 4.16. The Hall–Kier alpha value is -2.96. The van der Waals surface area contributed by atoms with Crippen LogP contribution >= 0.6 is 0 Å². The number of hydrogen-bond acceptors (Lipinski definition) is 5. The van der Waals surface area contributed by atoms with Gasteiger partial charge in [-0.2, -0.15) is 5.10 Å². The summed E-state index contributed by atoms with van der Waals surface area (Å²) in [6, 6.07) is 3.34. The number of hydrogen-bond donors (Lipinski definition) is 0. The number of nitrogens with zero attached hydrogens (tertiary/aromatic N) is 4. The average Bonchev–Trinajstić information content (AvgIpc) is 2.95. The van der Waals surface area contributed by atoms with Crippen LogP contribution in [0.15, 0.2) is 35.5 Å². The summed E-state index contributed by atoms with van der Waals surface area (Å²) in [5, 5.41) is 4.50. The Labute approximate surface area is 138 Å². The average molecular weight is 326 g/mol. The van der Waals surface area contributed by atoms with Crippen molar-refractivity contribution in [2.75, 3.05) is 6.61 Å². The summed E-state index contributed by atoms with van der Waals surface area (Å²) < 4.78 is 8.29. The Morgan fingerprint density at radius 1 is 1.38 bits per heavy atom. The summed E-state index contributed by atoms with van der Waals surface area (Å²) in [6.07, 6.45) is 5.27. The monoisotopic (exact) mass is 326 g/mol. The van der Waals surface area contributed by atoms with Crippen molar-refractivity contribution >= 4 is 16.9 Å². The maximum Gasteiger partial charge on any atom is 0.339 e. The maximum absolute atomic E-state index is 12.7. The van der Waals surface area contributed by atoms with Gasteiger partial charge >= 0.3 is 5.97 Å². The molecule has 0 saturated carbocycles. The highest BCUT2D eigenvalue weighted by atomic mass is 16.5. The first-order chi connectivity index (χ1) is 11.5. The quantitative estimate of drug-likeness (QED) is 0.681. The van der Waals surface area contributed by atoms with E-state index in [0.29, 0.717) is 28.7 Å². The molecule has 124 valence electrons. The smallest absolute Gasteiger partial charge is 0.339 e. The number of aromatic nitrogens is 4. The molecular weight excluding hydrogens is 308 g/mol. The number of rotatable bonds is 4. The van der Waals surface area contributed by atoms with Crippen molar-refractivity contribution < 1.29 is 9.53 Å². The van der Waals surface area contributed by atoms with Crippen LogP contribution in [0.4, 0.5) is 0 Å². The van der Waals surface area contributed by atoms with Crippen molar-refractivity contribution in [3.8, 4) is 0 Å². The zero-order chi connectivity index (χ0) is 17.3. The largest absolute Gasteiger partial charge is 0.462 e. The van der Waals surface area contributed by atoms with Gasteiger partial charge in [0.2, 0.25) is 0 Å². The number of pyridine rings is 2. The third kappa shape index (κ3) is 2.92. The SMILES string of the molecule is CCOC(=O)c1cc2c(=O)n(Cc3cnn(C)c3)ccc2nc1C. The van der Waals surface area contributed by atoms with Gasteiger partial charge in [0.25, 0.3) is 5.56 Å². The summed E-state index contributed by atoms with van der Waals surface area (Å²) >= 11 is 0. The van der Waals surface area contributed by atoms with Gasteiger partial charge in [-0.05, 0) is 26.0 Å². The predicted octanol–water partition coefficient (Wildman–Crippen LogP) is 1.66. The first-order valence-corrected chi connectivity index (χ1v) is 7.65. The molecule has 7 heteroatoms. The van der Waals surface area contributed by atoms with E-state index in [0.717, 1.165) is 5.56 Å². The summed E-state index contributed by atoms with van der Waals surface area (Å²) in [5.74, 6) is -0.466. The predicted molar refractivity (Wildman–Crippen MR) is 89.0 cm³/mol. The van der Waals surface area contributed by atoms with E-state index < -0.39 is 5.97 Å². The first kappa shape index (κ1) is 15.9. The lowest BCUT2D eigenvalue weighted by Crippen LogP contribution is -2.21. The van der Waals surface area contributed by atoms with E-state index in [9.17, 15) is 9.59 Å². The number of aryl methyl sites for hydroxylation is 2. The number of fused-ring (bicyclic) bond motifs is 1. The van der Waals surface area contributed by atoms with E-state index in [-0.39, 0.29) is 12.2 Å². The first-order valence-electron chi connectivity index (χ1n) is 7.65. The molecule has 0 aromatic carbocycles. The van der Waals surface area contributed by atoms with E-state index in [1.54, 1.807) is 47.6 Å². The Morgan fingerprint density at radius 2 is 2.17 bits per heavy atom. The number of carbonyl (C=O) groups excluding carboxylic acids is 1. The summed E-state index contributed by atoms with van der Waals surface area (Å²) in [7, 11) is 1.82. The molecule has 3 rings (SSSR count). The third-order valence-electron chi connectivity index (χ3n) is 3.75. The molecule has 24 heavy (non-hydrogen) atoms. The molecule has 0 atom stereocenters. The molecule has 0 radical (unpaired) electrons. The molecule has 0 unspecified atom stereocenters. The Morgan fingerprint density at radius 3 is 2.83 bits per heavy atom. The highest BCUT2D eigenvalue weighted by Gasteiger charge is 2.15. The van der Waals surface area contributed by atoms with Crippen LogP contribution in [0.5, 0.6) is 0 Å². The van der Waals surface area contributed by atoms with Crippen LogP contribution in [-0.2, 0) is 18.3 Å². The van der Waals surface area contributed by atoms with Gasteiger partial charge in [-0.1, -0.05) is 0 Å². The highest BCUT2D eigenvalue weighted by molar-refractivity contribution is 5.94. The minimum atomic E-state index is -0.466. The summed E-state index contributed by atoms with van der Waals surface area (Å²) in [4.78, 5) is 29.1. The van der Waals surface area contributed by atoms with E-state index in [4.69, 9.17) is 4.74 Å². The van der Waals surface area contributed by atoms with Gasteiger partial charge in [0, 0.05) is 25.0 Å². The lowest BCUT2D eigenvalue weighted by molar-refractivity contribution is 0.0525. The second-order valence-corrected chi connectivity index (χ2v) is 5.55. The van der Waals surface area contributed by atoms with Crippen molar-refractivity contribution in [3.63, 3.8) is 0 Å². The van der Waals surface area contributed by atoms with Gasteiger partial charge in [-0.15, -0.1) is 0 Å². The molecular formula is C17H18N4O3. The minimum absolute atomic E-state index is 0.200. The lowest BCUT2D eigenvalue weighted by Gasteiger charge is -2.09. The molecule has 7 nitrogen and oxygen atoms in total. The van der Waals surface area contributed by atoms with Crippen molar-refractivity contribution in [2.24, 2.45) is 7.05 Å². The molecule has 0 aliphatic carbocycles. The fraction of sp³-hybridized carbons (Fsp3) is 0.294. The van der Waals surface area contributed by atoms with Gasteiger partial charge in [0.05, 0.1) is 41.5 Å². The Balaban J connectivity index is 2.08. The fourth-order valence-electron chi connectivity index (χ4n) is 2.60. The highest BCUT2D eigenvalue weighted by Crippen LogP contribution is 2.15. The summed E-state index contributed by atoms with van der Waals surface area (Å²) in [6.45, 7) is 4.15. The van der Waals surface area contributed by atoms with Gasteiger partial charge in [0.1, 0.15) is 0 Å². The molecule has 0 amide bonds. The van der Waals surface area contributed by atoms with Crippen LogP contribution in [0.2, 0.25) is 0 Å². The zero-order valence-electron chi connectivity index (χ0n) is 13.8. The van der Waals surface area contributed by atoms with Gasteiger partial charge < -0.3 is 9.30 Å². The molecule has 3 aromatic rings. The molecule has 0 fully saturated rings. The van der Waals surface area contributed by atoms with E-state index in [1.165, 1.54) is 0 Å². The van der Waals surface area contributed by atoms with E-state index in [2.05, 4.69) is 10.1 Å². The number of esters is 1. The van der Waals surface area contributed by atoms with Gasteiger partial charge in [0.15, 0.2) is 0 Å². The second kappa shape index (κ2) is 6.27. The molecule has 3 aromatic heterocycles. The number of carbonyl (C=O) groups is 1. The molecule has 3 heterocycles. The number of ether oxygens (including phenoxy) is 1. The van der Waals surface area contributed by atoms with E-state index in [1.807, 2.05) is 13.2 Å². The second-order valence-electron chi connectivity index (χ2n) is 5.55. The van der Waals surface area contributed by atoms with E-state index >= 15 is 0 Å². The molecule has 0 N–H and O–H groups in total. The molecule has 0 aliphatic heterocycles. The van der Waals surface area contributed by atoms with Crippen LogP contribution in [0.1, 0.15) is 28.5 Å². The minimum Gasteiger partial charge on any atom is -0.462 e. The molecule has 0 bridgehead atoms. The van der Waals surface area contributed by atoms with Gasteiger partial charge in [-0.3, -0.25) is 14.5 Å². The van der Waals surface area contributed by atoms with Crippen LogP contribution in [-0.4, -0.2) is 31.9 Å². The third-order valence-corrected chi connectivity index (χ3v) is 3.75. The molecule has 0 saturated heterocycles. The fourth-order valence-corrected chi connectivity index (χ4v) is 2.60. The van der Waals surface area contributed by atoms with Crippen LogP contribution in [0.3, 0.4) is 0 Å². The Bertz CT molecular complexity index is 972. The van der Waals surface area contributed by atoms with Crippen LogP contribution < -0.4 is 5.56 Å². The van der Waals surface area contributed by atoms with Crippen LogP contribution in [0.25, 0.3) is 10.9 Å². The topological polar surface area (TPSA) is 79.0 Å². The lowest BCUT2D eigenvalue weighted by atomic mass is 10.1. The maximum atomic E-state index is 12.7. The van der Waals surface area contributed by atoms with Crippen molar-refractivity contribution in [2.45, 2.75) is 20.4 Å². The van der Waals surface area contributed by atoms with Gasteiger partial charge in [-0.25, -0.2) is 4.79 Å². The standard InChI is InChI=1S/C17H18N4O3/c1-4-24-17(23)13-7-14-15(19-11(13)2)5-6-21(16(14)22)10-12-8-18-20(3)9-12/h5-9H,4,10H2,1-3H3. The zero-order valence-corrected chi connectivity index (χ0v) is 13.8. The van der Waals surface area contributed by atoms with Crippen molar-refractivity contribution in [1.82, 2.24) is 19.3 Å². The summed E-state index contributed by atoms with van der Waals surface area (Å²) in [5.41, 5.74) is 2.15. The normalized spacial score (nSPS) is 11.0. The van der Waals surface area contributed by atoms with Crippen molar-refractivity contribution in [1.29, 1.82) is 0 Å². The molecule has 0 aliphatic rings.